The molecule has 2 aliphatic rings. The molecule has 4 aromatic rings. The SMILES string of the molecule is CC(C)(C)OC(=O)N1CCc2ccc(Nc3ncc4c(=O)n(CC(F)(F)F)n(-c5cccc(C6(C#N)CC6)n5)c4n3)cc2C1. The van der Waals surface area contributed by atoms with Gasteiger partial charge in [0.05, 0.1) is 17.2 Å². The van der Waals surface area contributed by atoms with Crippen molar-refractivity contribution in [3.63, 3.8) is 0 Å². The van der Waals surface area contributed by atoms with Gasteiger partial charge in [0.25, 0.3) is 5.56 Å². The van der Waals surface area contributed by atoms with Gasteiger partial charge in [0, 0.05) is 25.0 Å². The molecule has 0 saturated heterocycles. The lowest BCUT2D eigenvalue weighted by Crippen LogP contribution is -2.39. The topological polar surface area (TPSA) is 131 Å². The second-order valence-corrected chi connectivity index (χ2v) is 12.1. The van der Waals surface area contributed by atoms with Gasteiger partial charge in [-0.25, -0.2) is 24.1 Å². The maximum absolute atomic E-state index is 13.6. The van der Waals surface area contributed by atoms with Crippen molar-refractivity contribution in [3.05, 3.63) is 69.8 Å². The number of anilines is 2. The number of hydrogen-bond donors (Lipinski definition) is 1. The third-order valence-electron chi connectivity index (χ3n) is 7.54. The Hall–Kier alpha value is -4.93. The predicted octanol–water partition coefficient (Wildman–Crippen LogP) is 5.13. The van der Waals surface area contributed by atoms with Crippen LogP contribution < -0.4 is 10.9 Å². The molecule has 1 saturated carbocycles. The number of aromatic nitrogens is 5. The number of hydrogen-bond acceptors (Lipinski definition) is 8. The molecule has 6 rings (SSSR count). The number of carbonyl (C=O) groups is 1. The fourth-order valence-corrected chi connectivity index (χ4v) is 5.24. The van der Waals surface area contributed by atoms with Crippen LogP contribution in [0.1, 0.15) is 50.4 Å². The molecule has 0 bridgehead atoms. The van der Waals surface area contributed by atoms with Crippen LogP contribution in [-0.4, -0.2) is 53.6 Å². The first kappa shape index (κ1) is 29.2. The second kappa shape index (κ2) is 10.4. The Morgan fingerprint density at radius 3 is 2.59 bits per heavy atom. The minimum absolute atomic E-state index is 0.0287. The van der Waals surface area contributed by atoms with E-state index in [0.29, 0.717) is 48.4 Å². The van der Waals surface area contributed by atoms with Crippen molar-refractivity contribution in [1.82, 2.24) is 29.2 Å². The van der Waals surface area contributed by atoms with E-state index >= 15 is 0 Å². The number of halogens is 3. The van der Waals surface area contributed by atoms with Crippen LogP contribution in [0.4, 0.5) is 29.6 Å². The summed E-state index contributed by atoms with van der Waals surface area (Å²) in [4.78, 5) is 40.6. The summed E-state index contributed by atoms with van der Waals surface area (Å²) < 4.78 is 47.9. The molecule has 0 radical (unpaired) electrons. The normalized spacial score (nSPS) is 15.9. The van der Waals surface area contributed by atoms with Crippen molar-refractivity contribution in [2.24, 2.45) is 0 Å². The van der Waals surface area contributed by atoms with Gasteiger partial charge in [-0.05, 0) is 75.4 Å². The van der Waals surface area contributed by atoms with E-state index in [1.807, 2.05) is 18.2 Å². The number of benzene rings is 1. The van der Waals surface area contributed by atoms with E-state index in [0.717, 1.165) is 15.8 Å². The molecule has 0 atom stereocenters. The number of pyridine rings is 1. The summed E-state index contributed by atoms with van der Waals surface area (Å²) in [5.74, 6) is 0.0723. The number of fused-ring (bicyclic) bond motifs is 2. The van der Waals surface area contributed by atoms with Crippen LogP contribution in [0.3, 0.4) is 0 Å². The first-order chi connectivity index (χ1) is 20.7. The molecule has 1 fully saturated rings. The Kier molecular flexibility index (Phi) is 6.86. The summed E-state index contributed by atoms with van der Waals surface area (Å²) >= 11 is 0. The van der Waals surface area contributed by atoms with Gasteiger partial charge in [-0.15, -0.1) is 0 Å². The Bertz CT molecular complexity index is 1880. The van der Waals surface area contributed by atoms with Crippen LogP contribution in [0, 0.1) is 11.3 Å². The molecular weight excluding hydrogens is 577 g/mol. The minimum atomic E-state index is -4.71. The van der Waals surface area contributed by atoms with Gasteiger partial charge in [-0.1, -0.05) is 12.1 Å². The van der Waals surface area contributed by atoms with Gasteiger partial charge in [-0.3, -0.25) is 4.79 Å². The van der Waals surface area contributed by atoms with E-state index in [1.54, 1.807) is 37.8 Å². The molecule has 1 aliphatic carbocycles. The maximum atomic E-state index is 13.6. The first-order valence-corrected chi connectivity index (χ1v) is 14.1. The van der Waals surface area contributed by atoms with Crippen LogP contribution in [0.2, 0.25) is 0 Å². The molecule has 228 valence electrons. The summed E-state index contributed by atoms with van der Waals surface area (Å²) in [6, 6.07) is 12.5. The zero-order chi connectivity index (χ0) is 31.4. The van der Waals surface area contributed by atoms with Crippen molar-refractivity contribution in [1.29, 1.82) is 5.26 Å². The van der Waals surface area contributed by atoms with Crippen molar-refractivity contribution >= 4 is 28.8 Å². The molecule has 1 amide bonds. The van der Waals surface area contributed by atoms with Gasteiger partial charge in [0.15, 0.2) is 11.5 Å². The van der Waals surface area contributed by atoms with Crippen molar-refractivity contribution in [2.75, 3.05) is 11.9 Å². The zero-order valence-corrected chi connectivity index (χ0v) is 24.3. The Balaban J connectivity index is 1.36. The number of ether oxygens (including phenoxy) is 1. The summed E-state index contributed by atoms with van der Waals surface area (Å²) in [6.07, 6.45) is -2.10. The Morgan fingerprint density at radius 1 is 1.14 bits per heavy atom. The summed E-state index contributed by atoms with van der Waals surface area (Å²) in [5.41, 5.74) is 0.570. The predicted molar refractivity (Wildman–Crippen MR) is 154 cm³/mol. The lowest BCUT2D eigenvalue weighted by molar-refractivity contribution is -0.144. The molecule has 44 heavy (non-hydrogen) atoms. The summed E-state index contributed by atoms with van der Waals surface area (Å²) in [6.45, 7) is 4.71. The van der Waals surface area contributed by atoms with Crippen molar-refractivity contribution < 1.29 is 22.7 Å². The number of alkyl halides is 3. The maximum Gasteiger partial charge on any atom is 0.410 e. The van der Waals surface area contributed by atoms with Crippen LogP contribution >= 0.6 is 0 Å². The fourth-order valence-electron chi connectivity index (χ4n) is 5.24. The minimum Gasteiger partial charge on any atom is -0.444 e. The van der Waals surface area contributed by atoms with Crippen LogP contribution in [0.5, 0.6) is 0 Å². The second-order valence-electron chi connectivity index (χ2n) is 12.1. The number of nitrogens with zero attached hydrogens (tertiary/aromatic N) is 7. The van der Waals surface area contributed by atoms with Crippen molar-refractivity contribution in [2.45, 2.75) is 70.3 Å². The Morgan fingerprint density at radius 2 is 1.91 bits per heavy atom. The van der Waals surface area contributed by atoms with Gasteiger partial charge in [-0.2, -0.15) is 23.4 Å². The van der Waals surface area contributed by atoms with E-state index in [1.165, 1.54) is 12.3 Å². The molecule has 1 aliphatic heterocycles. The average Bonchev–Trinajstić information content (AvgIpc) is 3.72. The molecule has 1 N–H and O–H groups in total. The van der Waals surface area contributed by atoms with Crippen molar-refractivity contribution in [3.8, 4) is 11.9 Å². The monoisotopic (exact) mass is 606 g/mol. The highest BCUT2D eigenvalue weighted by Gasteiger charge is 2.46. The van der Waals surface area contributed by atoms with Crippen LogP contribution in [-0.2, 0) is 29.7 Å². The average molecular weight is 607 g/mol. The highest BCUT2D eigenvalue weighted by Crippen LogP contribution is 2.46. The third kappa shape index (κ3) is 5.69. The standard InChI is InChI=1S/C30H29F3N8O3/c1-28(2,3)44-27(43)39-12-9-18-7-8-20(13-19(18)15-39)36-26-35-14-21-24(38-26)41(40(25(21)42)17-30(31,32)33)23-6-4-5-22(37-23)29(16-34)10-11-29/h4-8,13-14H,9-12,15,17H2,1-3H3,(H,35,36,38). The molecule has 11 nitrogen and oxygen atoms in total. The quantitative estimate of drug-likeness (QED) is 0.331. The molecule has 0 unspecified atom stereocenters. The van der Waals surface area contributed by atoms with Gasteiger partial charge in [0.1, 0.15) is 17.5 Å². The third-order valence-corrected chi connectivity index (χ3v) is 7.54. The molecule has 1 aromatic carbocycles. The fraction of sp³-hybridized carbons (Fsp3) is 0.400. The lowest BCUT2D eigenvalue weighted by Gasteiger charge is -2.31. The Labute approximate surface area is 249 Å². The first-order valence-electron chi connectivity index (χ1n) is 14.1. The van der Waals surface area contributed by atoms with E-state index in [-0.39, 0.29) is 22.8 Å². The highest BCUT2D eigenvalue weighted by atomic mass is 19.4. The van der Waals surface area contributed by atoms with E-state index < -0.39 is 35.4 Å². The molecule has 0 spiro atoms. The molecule has 4 heterocycles. The number of carbonyl (C=O) groups excluding carboxylic acids is 1. The van der Waals surface area contributed by atoms with Gasteiger partial charge in [0.2, 0.25) is 5.95 Å². The number of amides is 1. The van der Waals surface area contributed by atoms with E-state index in [2.05, 4.69) is 26.3 Å². The highest BCUT2D eigenvalue weighted by molar-refractivity contribution is 5.77. The summed E-state index contributed by atoms with van der Waals surface area (Å²) in [7, 11) is 0. The van der Waals surface area contributed by atoms with Gasteiger partial charge < -0.3 is 15.0 Å². The van der Waals surface area contributed by atoms with Crippen LogP contribution in [0.15, 0.2) is 47.4 Å². The lowest BCUT2D eigenvalue weighted by atomic mass is 9.99. The van der Waals surface area contributed by atoms with Gasteiger partial charge >= 0.3 is 12.3 Å². The van der Waals surface area contributed by atoms with Crippen LogP contribution in [0.25, 0.3) is 16.9 Å². The van der Waals surface area contributed by atoms with E-state index in [4.69, 9.17) is 4.74 Å². The number of nitriles is 1. The number of nitrogens with one attached hydrogen (secondary N) is 1. The molecular formula is C30H29F3N8O3. The largest absolute Gasteiger partial charge is 0.444 e. The number of rotatable bonds is 5. The molecule has 14 heteroatoms. The smallest absolute Gasteiger partial charge is 0.410 e. The van der Waals surface area contributed by atoms with E-state index in [9.17, 15) is 28.0 Å². The summed E-state index contributed by atoms with van der Waals surface area (Å²) in [5, 5.41) is 12.6. The molecule has 3 aromatic heterocycles. The zero-order valence-electron chi connectivity index (χ0n) is 24.3.